The highest BCUT2D eigenvalue weighted by atomic mass is 32.2. The molecule has 1 unspecified atom stereocenters. The molecule has 1 atom stereocenters. The lowest BCUT2D eigenvalue weighted by atomic mass is 10.4. The van der Waals surface area contributed by atoms with Gasteiger partial charge in [0.25, 0.3) is 10.0 Å². The second-order valence-corrected chi connectivity index (χ2v) is 5.89. The Hall–Kier alpha value is -1.57. The Kier molecular flexibility index (Phi) is 4.11. The molecule has 0 saturated carbocycles. The highest BCUT2D eigenvalue weighted by molar-refractivity contribution is 7.91. The van der Waals surface area contributed by atoms with Crippen molar-refractivity contribution in [1.82, 2.24) is 14.9 Å². The van der Waals surface area contributed by atoms with Crippen LogP contribution in [0.5, 0.6) is 0 Å². The molecule has 1 aromatic heterocycles. The number of carbonyl (C=O) groups is 1. The monoisotopic (exact) mass is 275 g/mol. The number of nitrogens with zero attached hydrogens (tertiary/aromatic N) is 3. The third-order valence-electron chi connectivity index (χ3n) is 1.44. The van der Waals surface area contributed by atoms with Gasteiger partial charge in [-0.05, 0) is 6.92 Å². The summed E-state index contributed by atoms with van der Waals surface area (Å²) in [5.74, 6) is -0.372. The molecular weight excluding hydrogens is 266 g/mol. The Morgan fingerprint density at radius 2 is 2.18 bits per heavy atom. The molecule has 1 rings (SSSR count). The van der Waals surface area contributed by atoms with E-state index in [0.717, 1.165) is 0 Å². The van der Waals surface area contributed by atoms with E-state index in [1.54, 1.807) is 6.07 Å². The van der Waals surface area contributed by atoms with Crippen molar-refractivity contribution in [1.29, 1.82) is 5.26 Å². The van der Waals surface area contributed by atoms with Gasteiger partial charge in [0.15, 0.2) is 0 Å². The van der Waals surface area contributed by atoms with Gasteiger partial charge >= 0.3 is 0 Å². The number of aromatic nitrogens is 2. The van der Waals surface area contributed by atoms with E-state index in [1.165, 1.54) is 13.8 Å². The summed E-state index contributed by atoms with van der Waals surface area (Å²) < 4.78 is 25.1. The number of amides is 1. The van der Waals surface area contributed by atoms with Crippen LogP contribution in [-0.2, 0) is 14.8 Å². The fraction of sp³-hybridized carbons (Fsp3) is 0.429. The lowest BCUT2D eigenvalue weighted by Gasteiger charge is -2.03. The quantitative estimate of drug-likeness (QED) is 0.726. The number of rotatable bonds is 4. The number of sulfonamides is 1. The van der Waals surface area contributed by atoms with Crippen molar-refractivity contribution in [2.45, 2.75) is 24.2 Å². The number of nitriles is 1. The lowest BCUT2D eigenvalue weighted by molar-refractivity contribution is -0.114. The van der Waals surface area contributed by atoms with Gasteiger partial charge in [0.1, 0.15) is 6.04 Å². The number of carbonyl (C=O) groups excluding carboxylic acids is 1. The number of anilines is 1. The highest BCUT2D eigenvalue weighted by Gasteiger charge is 2.22. The minimum Gasteiger partial charge on any atom is -0.301 e. The molecule has 17 heavy (non-hydrogen) atoms. The zero-order chi connectivity index (χ0) is 13.1. The van der Waals surface area contributed by atoms with E-state index >= 15 is 0 Å². The maximum Gasteiger partial charge on any atom is 0.271 e. The standard InChI is InChI=1S/C7H9N5O3S2/c1-4(3-8)12-17(14,15)7-11-10-6(16-7)9-5(2)13/h4,12H,1-2H3,(H,9,10,13). The normalized spacial score (nSPS) is 12.8. The molecule has 1 heterocycles. The summed E-state index contributed by atoms with van der Waals surface area (Å²) >= 11 is 0.707. The number of hydrogen-bond donors (Lipinski definition) is 2. The Balaban J connectivity index is 2.90. The summed E-state index contributed by atoms with van der Waals surface area (Å²) in [6.07, 6.45) is 0. The topological polar surface area (TPSA) is 125 Å². The van der Waals surface area contributed by atoms with Crippen LogP contribution in [0.25, 0.3) is 0 Å². The first-order valence-electron chi connectivity index (χ1n) is 4.38. The van der Waals surface area contributed by atoms with Crippen molar-refractivity contribution in [3.05, 3.63) is 0 Å². The Morgan fingerprint density at radius 1 is 1.53 bits per heavy atom. The second-order valence-electron chi connectivity index (χ2n) is 3.03. The van der Waals surface area contributed by atoms with Crippen molar-refractivity contribution in [3.63, 3.8) is 0 Å². The number of nitrogens with one attached hydrogen (secondary N) is 2. The van der Waals surface area contributed by atoms with Gasteiger partial charge in [0, 0.05) is 6.92 Å². The van der Waals surface area contributed by atoms with E-state index in [1.807, 2.05) is 0 Å². The van der Waals surface area contributed by atoms with Crippen molar-refractivity contribution in [3.8, 4) is 6.07 Å². The van der Waals surface area contributed by atoms with E-state index in [-0.39, 0.29) is 15.4 Å². The van der Waals surface area contributed by atoms with Gasteiger partial charge in [-0.1, -0.05) is 11.3 Å². The third kappa shape index (κ3) is 3.74. The van der Waals surface area contributed by atoms with E-state index in [4.69, 9.17) is 5.26 Å². The molecule has 1 aromatic rings. The van der Waals surface area contributed by atoms with Crippen LogP contribution in [0, 0.1) is 11.3 Å². The molecule has 0 bridgehead atoms. The minimum absolute atomic E-state index is 0.0856. The summed E-state index contributed by atoms with van der Waals surface area (Å²) in [6, 6.07) is 0.859. The van der Waals surface area contributed by atoms with Gasteiger partial charge in [0.2, 0.25) is 15.4 Å². The second kappa shape index (κ2) is 5.17. The fourth-order valence-electron chi connectivity index (χ4n) is 0.829. The van der Waals surface area contributed by atoms with Gasteiger partial charge in [-0.25, -0.2) is 8.42 Å². The van der Waals surface area contributed by atoms with Crippen LogP contribution in [0.4, 0.5) is 5.13 Å². The summed E-state index contributed by atoms with van der Waals surface area (Å²) in [7, 11) is -3.87. The van der Waals surface area contributed by atoms with Gasteiger partial charge in [0.05, 0.1) is 6.07 Å². The SMILES string of the molecule is CC(=O)Nc1nnc(S(=O)(=O)NC(C)C#N)s1. The Bertz CT molecular complexity index is 558. The molecule has 2 N–H and O–H groups in total. The predicted octanol–water partition coefficient (Wildman–Crippen LogP) is -0.313. The maximum atomic E-state index is 11.6. The predicted molar refractivity (Wildman–Crippen MR) is 59.6 cm³/mol. The van der Waals surface area contributed by atoms with Crippen molar-refractivity contribution in [2.75, 3.05) is 5.32 Å². The average molecular weight is 275 g/mol. The van der Waals surface area contributed by atoms with Crippen LogP contribution < -0.4 is 10.0 Å². The van der Waals surface area contributed by atoms with Crippen LogP contribution in [0.2, 0.25) is 0 Å². The first-order valence-corrected chi connectivity index (χ1v) is 6.68. The first-order chi connectivity index (χ1) is 7.85. The average Bonchev–Trinajstić information content (AvgIpc) is 2.65. The molecule has 1 amide bonds. The summed E-state index contributed by atoms with van der Waals surface area (Å²) in [6.45, 7) is 2.67. The summed E-state index contributed by atoms with van der Waals surface area (Å²) in [4.78, 5) is 10.7. The smallest absolute Gasteiger partial charge is 0.271 e. The molecule has 0 aliphatic rings. The van der Waals surface area contributed by atoms with E-state index < -0.39 is 16.1 Å². The van der Waals surface area contributed by atoms with Crippen LogP contribution in [0.3, 0.4) is 0 Å². The Morgan fingerprint density at radius 3 is 2.71 bits per heavy atom. The molecule has 0 spiro atoms. The van der Waals surface area contributed by atoms with Gasteiger partial charge in [-0.2, -0.15) is 9.98 Å². The first kappa shape index (κ1) is 13.5. The molecule has 8 nitrogen and oxygen atoms in total. The van der Waals surface area contributed by atoms with E-state index in [0.29, 0.717) is 11.3 Å². The molecule has 0 saturated heterocycles. The molecular formula is C7H9N5O3S2. The van der Waals surface area contributed by atoms with E-state index in [2.05, 4.69) is 20.2 Å². The van der Waals surface area contributed by atoms with Gasteiger partial charge < -0.3 is 5.32 Å². The van der Waals surface area contributed by atoms with Crippen LogP contribution in [0.15, 0.2) is 4.34 Å². The molecule has 0 aromatic carbocycles. The highest BCUT2D eigenvalue weighted by Crippen LogP contribution is 2.19. The van der Waals surface area contributed by atoms with Crippen LogP contribution in [0.1, 0.15) is 13.8 Å². The molecule has 0 radical (unpaired) electrons. The van der Waals surface area contributed by atoms with Crippen molar-refractivity contribution < 1.29 is 13.2 Å². The molecule has 92 valence electrons. The zero-order valence-electron chi connectivity index (χ0n) is 8.96. The minimum atomic E-state index is -3.87. The largest absolute Gasteiger partial charge is 0.301 e. The van der Waals surface area contributed by atoms with Gasteiger partial charge in [-0.15, -0.1) is 10.2 Å². The van der Waals surface area contributed by atoms with Crippen molar-refractivity contribution >= 4 is 32.4 Å². The molecule has 0 aliphatic heterocycles. The number of hydrogen-bond acceptors (Lipinski definition) is 7. The van der Waals surface area contributed by atoms with E-state index in [9.17, 15) is 13.2 Å². The molecule has 10 heteroatoms. The summed E-state index contributed by atoms with van der Waals surface area (Å²) in [5.41, 5.74) is 0. The fourth-order valence-corrected chi connectivity index (χ4v) is 2.94. The Labute approximate surface area is 102 Å². The van der Waals surface area contributed by atoms with Crippen molar-refractivity contribution in [2.24, 2.45) is 0 Å². The third-order valence-corrected chi connectivity index (χ3v) is 4.19. The summed E-state index contributed by atoms with van der Waals surface area (Å²) in [5, 5.41) is 17.8. The van der Waals surface area contributed by atoms with Crippen LogP contribution in [-0.4, -0.2) is 30.6 Å². The van der Waals surface area contributed by atoms with Gasteiger partial charge in [-0.3, -0.25) is 4.79 Å². The lowest BCUT2D eigenvalue weighted by Crippen LogP contribution is -2.31. The zero-order valence-corrected chi connectivity index (χ0v) is 10.6. The maximum absolute atomic E-state index is 11.6. The molecule has 0 fully saturated rings. The van der Waals surface area contributed by atoms with Crippen LogP contribution >= 0.6 is 11.3 Å². The molecule has 0 aliphatic carbocycles.